The molecule has 0 saturated heterocycles. The third-order valence-corrected chi connectivity index (χ3v) is 5.02. The van der Waals surface area contributed by atoms with E-state index in [0.717, 1.165) is 25.2 Å². The molecule has 0 saturated carbocycles. The number of nitrogens with zero attached hydrogens (tertiary/aromatic N) is 2. The van der Waals surface area contributed by atoms with Crippen molar-refractivity contribution >= 4 is 16.8 Å². The van der Waals surface area contributed by atoms with Crippen LogP contribution in [-0.2, 0) is 13.0 Å². The standard InChI is InChI=1S/C21H21N3O2/c1-14(15-6-3-2-4-7-15)13-22-20(25)16-9-10-17-18(12-16)23-19-8-5-11-24(19)21(17)26/h2-4,6-7,9-10,12,14H,5,8,11,13H2,1H3,(H,22,25)/t14-/m1/s1. The lowest BCUT2D eigenvalue weighted by atomic mass is 10.0. The van der Waals surface area contributed by atoms with Crippen molar-refractivity contribution in [1.29, 1.82) is 0 Å². The van der Waals surface area contributed by atoms with E-state index in [1.165, 1.54) is 5.56 Å². The van der Waals surface area contributed by atoms with Gasteiger partial charge in [0.05, 0.1) is 10.9 Å². The first kappa shape index (κ1) is 16.5. The minimum absolute atomic E-state index is 0.00726. The molecule has 1 aromatic heterocycles. The maximum absolute atomic E-state index is 12.5. The lowest BCUT2D eigenvalue weighted by molar-refractivity contribution is 0.0952. The molecular weight excluding hydrogens is 326 g/mol. The molecule has 0 radical (unpaired) electrons. The summed E-state index contributed by atoms with van der Waals surface area (Å²) in [5.41, 5.74) is 2.32. The van der Waals surface area contributed by atoms with Gasteiger partial charge in [-0.05, 0) is 36.1 Å². The second kappa shape index (κ2) is 6.75. The molecule has 0 unspecified atom stereocenters. The summed E-state index contributed by atoms with van der Waals surface area (Å²) in [6.45, 7) is 3.37. The van der Waals surface area contributed by atoms with E-state index >= 15 is 0 Å². The van der Waals surface area contributed by atoms with Crippen LogP contribution in [0.4, 0.5) is 0 Å². The normalized spacial score (nSPS) is 14.2. The Balaban J connectivity index is 1.54. The molecule has 2 heterocycles. The van der Waals surface area contributed by atoms with Gasteiger partial charge in [-0.3, -0.25) is 14.2 Å². The average Bonchev–Trinajstić information content (AvgIpc) is 3.15. The zero-order chi connectivity index (χ0) is 18.1. The van der Waals surface area contributed by atoms with Crippen molar-refractivity contribution in [2.24, 2.45) is 0 Å². The van der Waals surface area contributed by atoms with Crippen molar-refractivity contribution in [2.45, 2.75) is 32.2 Å². The Bertz CT molecular complexity index is 1020. The molecule has 5 nitrogen and oxygen atoms in total. The van der Waals surface area contributed by atoms with E-state index in [-0.39, 0.29) is 17.4 Å². The third-order valence-electron chi connectivity index (χ3n) is 5.02. The van der Waals surface area contributed by atoms with E-state index < -0.39 is 0 Å². The van der Waals surface area contributed by atoms with Gasteiger partial charge in [0.2, 0.25) is 0 Å². The van der Waals surface area contributed by atoms with Crippen molar-refractivity contribution < 1.29 is 4.79 Å². The molecule has 1 aliphatic rings. The highest BCUT2D eigenvalue weighted by Gasteiger charge is 2.17. The van der Waals surface area contributed by atoms with E-state index in [1.54, 1.807) is 22.8 Å². The van der Waals surface area contributed by atoms with Gasteiger partial charge in [-0.15, -0.1) is 0 Å². The maximum Gasteiger partial charge on any atom is 0.261 e. The van der Waals surface area contributed by atoms with E-state index in [4.69, 9.17) is 0 Å². The largest absolute Gasteiger partial charge is 0.351 e. The van der Waals surface area contributed by atoms with Crippen LogP contribution >= 0.6 is 0 Å². The van der Waals surface area contributed by atoms with Crippen LogP contribution in [0.5, 0.6) is 0 Å². The fourth-order valence-electron chi connectivity index (χ4n) is 3.47. The Kier molecular flexibility index (Phi) is 4.29. The minimum atomic E-state index is -0.142. The van der Waals surface area contributed by atoms with Crippen molar-refractivity contribution in [3.63, 3.8) is 0 Å². The van der Waals surface area contributed by atoms with E-state index in [9.17, 15) is 9.59 Å². The Morgan fingerprint density at radius 1 is 1.23 bits per heavy atom. The Morgan fingerprint density at radius 2 is 2.04 bits per heavy atom. The van der Waals surface area contributed by atoms with Crippen LogP contribution in [0, 0.1) is 0 Å². The van der Waals surface area contributed by atoms with Crippen LogP contribution in [0.3, 0.4) is 0 Å². The highest BCUT2D eigenvalue weighted by molar-refractivity contribution is 5.97. The Morgan fingerprint density at radius 3 is 2.85 bits per heavy atom. The summed E-state index contributed by atoms with van der Waals surface area (Å²) in [7, 11) is 0. The molecule has 132 valence electrons. The highest BCUT2D eigenvalue weighted by Crippen LogP contribution is 2.17. The van der Waals surface area contributed by atoms with Crippen LogP contribution in [0.2, 0.25) is 0 Å². The summed E-state index contributed by atoms with van der Waals surface area (Å²) in [5, 5.41) is 3.55. The number of hydrogen-bond acceptors (Lipinski definition) is 3. The van der Waals surface area contributed by atoms with Gasteiger partial charge in [-0.2, -0.15) is 0 Å². The van der Waals surface area contributed by atoms with Crippen LogP contribution < -0.4 is 10.9 Å². The van der Waals surface area contributed by atoms with Gasteiger partial charge >= 0.3 is 0 Å². The maximum atomic E-state index is 12.5. The second-order valence-corrected chi connectivity index (χ2v) is 6.84. The first-order valence-corrected chi connectivity index (χ1v) is 9.00. The fourth-order valence-corrected chi connectivity index (χ4v) is 3.47. The van der Waals surface area contributed by atoms with Gasteiger partial charge in [0.15, 0.2) is 0 Å². The lowest BCUT2D eigenvalue weighted by Crippen LogP contribution is -2.27. The van der Waals surface area contributed by atoms with Crippen LogP contribution in [0.1, 0.15) is 41.0 Å². The van der Waals surface area contributed by atoms with E-state index in [0.29, 0.717) is 23.0 Å². The number of rotatable bonds is 4. The van der Waals surface area contributed by atoms with Crippen LogP contribution in [0.25, 0.3) is 10.9 Å². The average molecular weight is 347 g/mol. The molecule has 5 heteroatoms. The first-order valence-electron chi connectivity index (χ1n) is 9.00. The third kappa shape index (κ3) is 3.01. The molecule has 0 fully saturated rings. The fraction of sp³-hybridized carbons (Fsp3) is 0.286. The first-order chi connectivity index (χ1) is 12.6. The van der Waals surface area contributed by atoms with Gasteiger partial charge in [-0.1, -0.05) is 37.3 Å². The topological polar surface area (TPSA) is 64.0 Å². The number of fused-ring (bicyclic) bond motifs is 2. The van der Waals surface area contributed by atoms with Crippen molar-refractivity contribution in [2.75, 3.05) is 6.54 Å². The second-order valence-electron chi connectivity index (χ2n) is 6.84. The Hall–Kier alpha value is -2.95. The molecule has 1 N–H and O–H groups in total. The molecule has 0 bridgehead atoms. The smallest absolute Gasteiger partial charge is 0.261 e. The number of benzene rings is 2. The molecule has 2 aromatic carbocycles. The zero-order valence-corrected chi connectivity index (χ0v) is 14.7. The minimum Gasteiger partial charge on any atom is -0.351 e. The molecule has 1 amide bonds. The van der Waals surface area contributed by atoms with Gasteiger partial charge in [0.1, 0.15) is 5.82 Å². The predicted octanol–water partition coefficient (Wildman–Crippen LogP) is 2.88. The van der Waals surface area contributed by atoms with Gasteiger partial charge in [0.25, 0.3) is 11.5 Å². The molecule has 4 rings (SSSR count). The summed E-state index contributed by atoms with van der Waals surface area (Å²) in [6.07, 6.45) is 1.76. The molecule has 0 aliphatic carbocycles. The molecule has 0 spiro atoms. The number of nitrogens with one attached hydrogen (secondary N) is 1. The monoisotopic (exact) mass is 347 g/mol. The number of amides is 1. The lowest BCUT2D eigenvalue weighted by Gasteiger charge is -2.13. The van der Waals surface area contributed by atoms with Crippen LogP contribution in [-0.4, -0.2) is 22.0 Å². The molecule has 3 aromatic rings. The number of aromatic nitrogens is 2. The molecule has 26 heavy (non-hydrogen) atoms. The van der Waals surface area contributed by atoms with Crippen molar-refractivity contribution in [3.05, 3.63) is 75.8 Å². The van der Waals surface area contributed by atoms with Crippen molar-refractivity contribution in [1.82, 2.24) is 14.9 Å². The summed E-state index contributed by atoms with van der Waals surface area (Å²) in [4.78, 5) is 29.6. The summed E-state index contributed by atoms with van der Waals surface area (Å²) < 4.78 is 1.74. The van der Waals surface area contributed by atoms with Crippen LogP contribution in [0.15, 0.2) is 53.3 Å². The number of carbonyl (C=O) groups is 1. The summed E-state index contributed by atoms with van der Waals surface area (Å²) in [5.74, 6) is 0.904. The zero-order valence-electron chi connectivity index (χ0n) is 14.7. The van der Waals surface area contributed by atoms with E-state index in [1.807, 2.05) is 18.2 Å². The number of aryl methyl sites for hydroxylation is 1. The Labute approximate surface area is 151 Å². The molecular formula is C21H21N3O2. The quantitative estimate of drug-likeness (QED) is 0.789. The molecule has 1 aliphatic heterocycles. The summed E-state index contributed by atoms with van der Waals surface area (Å²) in [6, 6.07) is 15.2. The van der Waals surface area contributed by atoms with E-state index in [2.05, 4.69) is 29.4 Å². The SMILES string of the molecule is C[C@H](CNC(=O)c1ccc2c(=O)n3c(nc2c1)CCC3)c1ccccc1. The highest BCUT2D eigenvalue weighted by atomic mass is 16.1. The van der Waals surface area contributed by atoms with Gasteiger partial charge in [-0.25, -0.2) is 4.98 Å². The number of carbonyl (C=O) groups excluding carboxylic acids is 1. The van der Waals surface area contributed by atoms with Crippen molar-refractivity contribution in [3.8, 4) is 0 Å². The number of hydrogen-bond donors (Lipinski definition) is 1. The summed E-state index contributed by atoms with van der Waals surface area (Å²) >= 11 is 0. The van der Waals surface area contributed by atoms with Gasteiger partial charge in [0, 0.05) is 25.1 Å². The molecule has 1 atom stereocenters. The van der Waals surface area contributed by atoms with Gasteiger partial charge < -0.3 is 5.32 Å². The predicted molar refractivity (Wildman–Crippen MR) is 102 cm³/mol.